The van der Waals surface area contributed by atoms with E-state index in [2.05, 4.69) is 21.4 Å². The first-order chi connectivity index (χ1) is 12.5. The van der Waals surface area contributed by atoms with Gasteiger partial charge in [-0.15, -0.1) is 0 Å². The molecule has 0 bridgehead atoms. The minimum atomic E-state index is -0.410. The van der Waals surface area contributed by atoms with E-state index in [-0.39, 0.29) is 10.2 Å². The van der Waals surface area contributed by atoms with Gasteiger partial charge in [-0.25, -0.2) is 0 Å². The maximum atomic E-state index is 12.6. The van der Waals surface area contributed by atoms with Crippen LogP contribution in [0.4, 0.5) is 0 Å². The number of thioether (sulfide) groups is 1. The third kappa shape index (κ3) is 3.98. The second kappa shape index (κ2) is 8.03. The van der Waals surface area contributed by atoms with Gasteiger partial charge in [0.25, 0.3) is 11.8 Å². The molecule has 0 aromatic heterocycles. The average molecular weight is 449 g/mol. The van der Waals surface area contributed by atoms with Crippen molar-refractivity contribution in [2.45, 2.75) is 0 Å². The zero-order chi connectivity index (χ0) is 18.7. The molecule has 26 heavy (non-hydrogen) atoms. The number of ether oxygens (including phenoxy) is 1. The topological polar surface area (TPSA) is 58.6 Å². The predicted molar refractivity (Wildman–Crippen MR) is 110 cm³/mol. The van der Waals surface area contributed by atoms with Crippen molar-refractivity contribution in [2.75, 3.05) is 7.11 Å². The highest BCUT2D eigenvalue weighted by Crippen LogP contribution is 2.33. The number of methoxy groups -OCH3 is 1. The zero-order valence-corrected chi connectivity index (χ0v) is 16.8. The summed E-state index contributed by atoms with van der Waals surface area (Å²) < 4.78 is 6.42. The Morgan fingerprint density at radius 3 is 2.62 bits per heavy atom. The Bertz CT molecular complexity index is 913. The molecule has 1 aliphatic rings. The van der Waals surface area contributed by atoms with Crippen LogP contribution in [0.5, 0.6) is 5.75 Å². The number of rotatable bonds is 4. The van der Waals surface area contributed by atoms with Crippen molar-refractivity contribution in [1.29, 1.82) is 0 Å². The maximum absolute atomic E-state index is 12.6. The number of thiocarbonyl (C=S) groups is 1. The third-order valence-corrected chi connectivity index (χ3v) is 5.37. The molecule has 2 amide bonds. The van der Waals surface area contributed by atoms with Crippen LogP contribution in [0, 0.1) is 0 Å². The fraction of sp³-hybridized carbons (Fsp3) is 0.0556. The van der Waals surface area contributed by atoms with Crippen molar-refractivity contribution in [2.24, 2.45) is 0 Å². The van der Waals surface area contributed by atoms with Crippen molar-refractivity contribution in [3.05, 3.63) is 69.0 Å². The molecule has 3 rings (SSSR count). The van der Waals surface area contributed by atoms with Crippen LogP contribution in [0.1, 0.15) is 15.9 Å². The quantitative estimate of drug-likeness (QED) is 0.565. The zero-order valence-electron chi connectivity index (χ0n) is 13.6. The van der Waals surface area contributed by atoms with Crippen LogP contribution in [0.15, 0.2) is 57.9 Å². The largest absolute Gasteiger partial charge is 0.496 e. The maximum Gasteiger partial charge on any atom is 0.285 e. The molecule has 2 aromatic rings. The normalized spacial score (nSPS) is 15.5. The fourth-order valence-electron chi connectivity index (χ4n) is 2.26. The second-order valence-corrected chi connectivity index (χ2v) is 7.80. The number of nitrogens with zero attached hydrogens (tertiary/aromatic N) is 1. The average Bonchev–Trinajstić information content (AvgIpc) is 2.90. The Labute approximate surface area is 168 Å². The molecular weight excluding hydrogens is 436 g/mol. The summed E-state index contributed by atoms with van der Waals surface area (Å²) in [5.74, 6) is -0.139. The fourth-order valence-corrected chi connectivity index (χ4v) is 3.69. The van der Waals surface area contributed by atoms with Gasteiger partial charge >= 0.3 is 0 Å². The highest BCUT2D eigenvalue weighted by atomic mass is 79.9. The molecule has 1 aliphatic heterocycles. The molecule has 0 atom stereocenters. The van der Waals surface area contributed by atoms with E-state index < -0.39 is 5.91 Å². The summed E-state index contributed by atoms with van der Waals surface area (Å²) in [5.41, 5.74) is 3.74. The van der Waals surface area contributed by atoms with Crippen LogP contribution in [-0.2, 0) is 4.79 Å². The summed E-state index contributed by atoms with van der Waals surface area (Å²) >= 11 is 9.68. The highest BCUT2D eigenvalue weighted by molar-refractivity contribution is 9.10. The smallest absolute Gasteiger partial charge is 0.285 e. The molecule has 5 nitrogen and oxygen atoms in total. The lowest BCUT2D eigenvalue weighted by Gasteiger charge is -2.15. The molecular formula is C18H13BrN2O3S2. The van der Waals surface area contributed by atoms with Gasteiger partial charge in [-0.05, 0) is 48.6 Å². The molecule has 0 radical (unpaired) electrons. The van der Waals surface area contributed by atoms with Gasteiger partial charge in [0.2, 0.25) is 0 Å². The minimum absolute atomic E-state index is 0.265. The molecule has 1 saturated heterocycles. The van der Waals surface area contributed by atoms with E-state index in [0.29, 0.717) is 16.2 Å². The molecule has 132 valence electrons. The lowest BCUT2D eigenvalue weighted by Crippen LogP contribution is -2.44. The number of amides is 2. The Kier molecular flexibility index (Phi) is 5.75. The SMILES string of the molecule is COc1ccccc1C=C1SC(=S)N(NC(=O)c2ccc(Br)cc2)C1=O. The molecule has 1 heterocycles. The van der Waals surface area contributed by atoms with E-state index in [1.807, 2.05) is 24.3 Å². The Morgan fingerprint density at radius 1 is 1.23 bits per heavy atom. The summed E-state index contributed by atoms with van der Waals surface area (Å²) in [5, 5.41) is 1.09. The molecule has 0 aliphatic carbocycles. The van der Waals surface area contributed by atoms with Crippen molar-refractivity contribution in [3.8, 4) is 5.75 Å². The second-order valence-electron chi connectivity index (χ2n) is 5.21. The van der Waals surface area contributed by atoms with Gasteiger partial charge in [-0.3, -0.25) is 15.0 Å². The molecule has 0 saturated carbocycles. The van der Waals surface area contributed by atoms with E-state index in [0.717, 1.165) is 26.8 Å². The van der Waals surface area contributed by atoms with E-state index in [9.17, 15) is 9.59 Å². The third-order valence-electron chi connectivity index (χ3n) is 3.54. The summed E-state index contributed by atoms with van der Waals surface area (Å²) in [6.45, 7) is 0. The standard InChI is InChI=1S/C18H13BrN2O3S2/c1-24-14-5-3-2-4-12(14)10-15-17(23)21(18(25)26-15)20-16(22)11-6-8-13(19)9-7-11/h2-10H,1H3,(H,20,22). The van der Waals surface area contributed by atoms with Crippen molar-refractivity contribution >= 4 is 62.1 Å². The van der Waals surface area contributed by atoms with Crippen LogP contribution in [0.2, 0.25) is 0 Å². The van der Waals surface area contributed by atoms with Gasteiger partial charge < -0.3 is 4.74 Å². The predicted octanol–water partition coefficient (Wildman–Crippen LogP) is 4.00. The van der Waals surface area contributed by atoms with Gasteiger partial charge in [-0.2, -0.15) is 5.01 Å². The highest BCUT2D eigenvalue weighted by Gasteiger charge is 2.34. The monoisotopic (exact) mass is 448 g/mol. The molecule has 0 spiro atoms. The number of hydrazine groups is 1. The first-order valence-electron chi connectivity index (χ1n) is 7.47. The van der Waals surface area contributed by atoms with Crippen LogP contribution >= 0.6 is 39.9 Å². The Morgan fingerprint density at radius 2 is 1.92 bits per heavy atom. The van der Waals surface area contributed by atoms with Crippen molar-refractivity contribution < 1.29 is 14.3 Å². The Hall–Kier alpha value is -2.16. The molecule has 1 fully saturated rings. The number of para-hydroxylation sites is 1. The number of carbonyl (C=O) groups is 2. The van der Waals surface area contributed by atoms with Crippen LogP contribution < -0.4 is 10.2 Å². The van der Waals surface area contributed by atoms with Gasteiger partial charge in [0.15, 0.2) is 4.32 Å². The Balaban J connectivity index is 1.79. The van der Waals surface area contributed by atoms with Crippen molar-refractivity contribution in [3.63, 3.8) is 0 Å². The number of benzene rings is 2. The number of hydrogen-bond donors (Lipinski definition) is 1. The van der Waals surface area contributed by atoms with Crippen LogP contribution in [-0.4, -0.2) is 28.3 Å². The summed E-state index contributed by atoms with van der Waals surface area (Å²) in [7, 11) is 1.57. The lowest BCUT2D eigenvalue weighted by atomic mass is 10.2. The van der Waals surface area contributed by atoms with E-state index in [4.69, 9.17) is 17.0 Å². The van der Waals surface area contributed by atoms with Gasteiger partial charge in [-0.1, -0.05) is 45.9 Å². The minimum Gasteiger partial charge on any atom is -0.496 e. The molecule has 1 N–H and O–H groups in total. The first-order valence-corrected chi connectivity index (χ1v) is 9.49. The van der Waals surface area contributed by atoms with E-state index in [1.165, 1.54) is 0 Å². The molecule has 8 heteroatoms. The van der Waals surface area contributed by atoms with Crippen LogP contribution in [0.25, 0.3) is 6.08 Å². The number of halogens is 1. The lowest BCUT2D eigenvalue weighted by molar-refractivity contribution is -0.123. The summed E-state index contributed by atoms with van der Waals surface area (Å²) in [6, 6.07) is 14.2. The first kappa shape index (κ1) is 18.6. The van der Waals surface area contributed by atoms with Gasteiger partial charge in [0.05, 0.1) is 12.0 Å². The van der Waals surface area contributed by atoms with E-state index >= 15 is 0 Å². The van der Waals surface area contributed by atoms with Crippen molar-refractivity contribution in [1.82, 2.24) is 10.4 Å². The summed E-state index contributed by atoms with van der Waals surface area (Å²) in [4.78, 5) is 25.4. The number of carbonyl (C=O) groups excluding carboxylic acids is 2. The summed E-state index contributed by atoms with van der Waals surface area (Å²) in [6.07, 6.45) is 1.70. The number of nitrogens with one attached hydrogen (secondary N) is 1. The van der Waals surface area contributed by atoms with E-state index in [1.54, 1.807) is 37.5 Å². The van der Waals surface area contributed by atoms with Gasteiger partial charge in [0.1, 0.15) is 5.75 Å². The molecule has 2 aromatic carbocycles. The molecule has 0 unspecified atom stereocenters. The number of hydrogen-bond acceptors (Lipinski definition) is 5. The van der Waals surface area contributed by atoms with Gasteiger partial charge in [0, 0.05) is 15.6 Å². The van der Waals surface area contributed by atoms with Crippen LogP contribution in [0.3, 0.4) is 0 Å².